The lowest BCUT2D eigenvalue weighted by molar-refractivity contribution is -0.122. The van der Waals surface area contributed by atoms with Gasteiger partial charge in [-0.15, -0.1) is 0 Å². The minimum Gasteiger partial charge on any atom is -0.323 e. The minimum atomic E-state index is -0.490. The van der Waals surface area contributed by atoms with E-state index in [9.17, 15) is 14.0 Å². The van der Waals surface area contributed by atoms with Crippen LogP contribution in [0.3, 0.4) is 0 Å². The van der Waals surface area contributed by atoms with Crippen LogP contribution in [-0.2, 0) is 29.0 Å². The molecule has 2 aliphatic heterocycles. The molecule has 0 bridgehead atoms. The molecule has 28 heavy (non-hydrogen) atoms. The van der Waals surface area contributed by atoms with Crippen LogP contribution in [-0.4, -0.2) is 24.9 Å². The second kappa shape index (κ2) is 7.72. The van der Waals surface area contributed by atoms with Crippen LogP contribution in [0.1, 0.15) is 30.0 Å². The summed E-state index contributed by atoms with van der Waals surface area (Å²) in [5, 5.41) is 5.91. The van der Waals surface area contributed by atoms with Crippen molar-refractivity contribution in [2.24, 2.45) is 5.92 Å². The Kier molecular flexibility index (Phi) is 5.13. The van der Waals surface area contributed by atoms with Crippen LogP contribution < -0.4 is 15.5 Å². The van der Waals surface area contributed by atoms with Gasteiger partial charge in [0.2, 0.25) is 11.8 Å². The fraction of sp³-hybridized carbons (Fsp3) is 0.364. The number of nitrogens with one attached hydrogen (secondary N) is 2. The molecule has 2 N–H and O–H groups in total. The molecule has 0 saturated carbocycles. The number of hydrogen-bond acceptors (Lipinski definition) is 3. The zero-order valence-corrected chi connectivity index (χ0v) is 15.9. The van der Waals surface area contributed by atoms with Crippen molar-refractivity contribution in [1.82, 2.24) is 5.32 Å². The maximum atomic E-state index is 14.8. The molecule has 6 heteroatoms. The normalized spacial score (nSPS) is 18.9. The lowest BCUT2D eigenvalue weighted by Crippen LogP contribution is -2.29. The molecule has 1 unspecified atom stereocenters. The molecule has 4 rings (SSSR count). The Bertz CT molecular complexity index is 911. The standard InChI is InChI=1S/C22H24FN3O2/c1-2-14-3-6-17(7-4-14)26-13-16(11-20(26)27)22(28)25-19-8-5-15-12-24-10-9-18(15)21(19)23/h3-8,16,24H,2,9-13H2,1H3,(H,25,28). The van der Waals surface area contributed by atoms with Gasteiger partial charge in [-0.2, -0.15) is 0 Å². The summed E-state index contributed by atoms with van der Waals surface area (Å²) in [5.74, 6) is -1.24. The number of anilines is 2. The van der Waals surface area contributed by atoms with Crippen molar-refractivity contribution in [1.29, 1.82) is 0 Å². The number of carbonyl (C=O) groups excluding carboxylic acids is 2. The topological polar surface area (TPSA) is 61.4 Å². The predicted molar refractivity (Wildman–Crippen MR) is 107 cm³/mol. The molecule has 1 fully saturated rings. The van der Waals surface area contributed by atoms with Crippen LogP contribution in [0.4, 0.5) is 15.8 Å². The van der Waals surface area contributed by atoms with Gasteiger partial charge in [-0.3, -0.25) is 9.59 Å². The van der Waals surface area contributed by atoms with E-state index in [1.165, 1.54) is 5.56 Å². The smallest absolute Gasteiger partial charge is 0.229 e. The van der Waals surface area contributed by atoms with Gasteiger partial charge in [-0.1, -0.05) is 25.1 Å². The molecular weight excluding hydrogens is 357 g/mol. The van der Waals surface area contributed by atoms with Gasteiger partial charge in [0, 0.05) is 25.2 Å². The first-order valence-electron chi connectivity index (χ1n) is 9.78. The zero-order chi connectivity index (χ0) is 19.7. The molecule has 2 aromatic carbocycles. The van der Waals surface area contributed by atoms with Crippen molar-refractivity contribution in [3.63, 3.8) is 0 Å². The number of rotatable bonds is 4. The Morgan fingerprint density at radius 3 is 2.79 bits per heavy atom. The number of aryl methyl sites for hydroxylation is 1. The number of hydrogen-bond donors (Lipinski definition) is 2. The van der Waals surface area contributed by atoms with E-state index in [4.69, 9.17) is 0 Å². The quantitative estimate of drug-likeness (QED) is 0.856. The highest BCUT2D eigenvalue weighted by molar-refractivity contribution is 6.03. The Labute approximate surface area is 163 Å². The van der Waals surface area contributed by atoms with Gasteiger partial charge in [-0.25, -0.2) is 4.39 Å². The third-order valence-corrected chi connectivity index (χ3v) is 5.62. The molecule has 2 heterocycles. The number of carbonyl (C=O) groups is 2. The maximum Gasteiger partial charge on any atom is 0.229 e. The van der Waals surface area contributed by atoms with E-state index in [1.807, 2.05) is 30.3 Å². The average molecular weight is 381 g/mol. The molecule has 146 valence electrons. The van der Waals surface area contributed by atoms with Crippen LogP contribution in [0, 0.1) is 11.7 Å². The maximum absolute atomic E-state index is 14.8. The largest absolute Gasteiger partial charge is 0.323 e. The van der Waals surface area contributed by atoms with Crippen LogP contribution >= 0.6 is 0 Å². The third kappa shape index (κ3) is 3.52. The van der Waals surface area contributed by atoms with Gasteiger partial charge < -0.3 is 15.5 Å². The molecule has 2 aliphatic rings. The molecule has 0 spiro atoms. The third-order valence-electron chi connectivity index (χ3n) is 5.62. The van der Waals surface area contributed by atoms with Gasteiger partial charge in [-0.05, 0) is 54.3 Å². The second-order valence-electron chi connectivity index (χ2n) is 7.41. The van der Waals surface area contributed by atoms with E-state index in [2.05, 4.69) is 17.6 Å². The van der Waals surface area contributed by atoms with E-state index >= 15 is 0 Å². The molecule has 2 amide bonds. The molecule has 2 aromatic rings. The van der Waals surface area contributed by atoms with E-state index in [0.29, 0.717) is 25.1 Å². The van der Waals surface area contributed by atoms with Crippen LogP contribution in [0.25, 0.3) is 0 Å². The van der Waals surface area contributed by atoms with E-state index in [-0.39, 0.29) is 29.7 Å². The number of nitrogens with zero attached hydrogens (tertiary/aromatic N) is 1. The monoisotopic (exact) mass is 381 g/mol. The summed E-state index contributed by atoms with van der Waals surface area (Å²) in [4.78, 5) is 26.7. The summed E-state index contributed by atoms with van der Waals surface area (Å²) < 4.78 is 14.8. The van der Waals surface area contributed by atoms with Crippen molar-refractivity contribution in [2.45, 2.75) is 32.7 Å². The van der Waals surface area contributed by atoms with Crippen molar-refractivity contribution in [3.8, 4) is 0 Å². The molecule has 0 aromatic heterocycles. The molecule has 1 atom stereocenters. The number of amides is 2. The van der Waals surface area contributed by atoms with Crippen molar-refractivity contribution < 1.29 is 14.0 Å². The number of fused-ring (bicyclic) bond motifs is 1. The highest BCUT2D eigenvalue weighted by Crippen LogP contribution is 2.28. The summed E-state index contributed by atoms with van der Waals surface area (Å²) >= 11 is 0. The summed E-state index contributed by atoms with van der Waals surface area (Å²) in [6.07, 6.45) is 1.67. The van der Waals surface area contributed by atoms with Crippen molar-refractivity contribution >= 4 is 23.2 Å². The Morgan fingerprint density at radius 2 is 2.04 bits per heavy atom. The Hall–Kier alpha value is -2.73. The average Bonchev–Trinajstić information content (AvgIpc) is 3.12. The SMILES string of the molecule is CCc1ccc(N2CC(C(=O)Nc3ccc4c(c3F)CCNC4)CC2=O)cc1. The van der Waals surface area contributed by atoms with Crippen LogP contribution in [0.2, 0.25) is 0 Å². The van der Waals surface area contributed by atoms with Crippen LogP contribution in [0.5, 0.6) is 0 Å². The van der Waals surface area contributed by atoms with Crippen molar-refractivity contribution in [2.75, 3.05) is 23.3 Å². The fourth-order valence-corrected chi connectivity index (χ4v) is 3.91. The van der Waals surface area contributed by atoms with E-state index < -0.39 is 5.92 Å². The van der Waals surface area contributed by atoms with Gasteiger partial charge in [0.15, 0.2) is 0 Å². The zero-order valence-electron chi connectivity index (χ0n) is 15.9. The fourth-order valence-electron chi connectivity index (χ4n) is 3.91. The summed E-state index contributed by atoms with van der Waals surface area (Å²) in [6, 6.07) is 11.3. The Morgan fingerprint density at radius 1 is 1.25 bits per heavy atom. The summed E-state index contributed by atoms with van der Waals surface area (Å²) in [5.41, 5.74) is 3.78. The molecule has 0 radical (unpaired) electrons. The van der Waals surface area contributed by atoms with Crippen LogP contribution in [0.15, 0.2) is 36.4 Å². The minimum absolute atomic E-state index is 0.0821. The number of benzene rings is 2. The molecular formula is C22H24FN3O2. The molecule has 1 saturated heterocycles. The van der Waals surface area contributed by atoms with E-state index in [1.54, 1.807) is 11.0 Å². The number of halogens is 1. The molecule has 5 nitrogen and oxygen atoms in total. The predicted octanol–water partition coefficient (Wildman–Crippen LogP) is 3.03. The van der Waals surface area contributed by atoms with Gasteiger partial charge in [0.05, 0.1) is 11.6 Å². The van der Waals surface area contributed by atoms with E-state index in [0.717, 1.165) is 24.2 Å². The second-order valence-corrected chi connectivity index (χ2v) is 7.41. The highest BCUT2D eigenvalue weighted by atomic mass is 19.1. The van der Waals surface area contributed by atoms with Gasteiger partial charge in [0.1, 0.15) is 5.82 Å². The summed E-state index contributed by atoms with van der Waals surface area (Å²) in [7, 11) is 0. The lowest BCUT2D eigenvalue weighted by Gasteiger charge is -2.20. The van der Waals surface area contributed by atoms with Gasteiger partial charge >= 0.3 is 0 Å². The van der Waals surface area contributed by atoms with Gasteiger partial charge in [0.25, 0.3) is 0 Å². The highest BCUT2D eigenvalue weighted by Gasteiger charge is 2.35. The Balaban J connectivity index is 1.46. The first kappa shape index (κ1) is 18.6. The molecule has 0 aliphatic carbocycles. The van der Waals surface area contributed by atoms with Crippen molar-refractivity contribution in [3.05, 3.63) is 58.9 Å². The summed E-state index contributed by atoms with van der Waals surface area (Å²) in [6.45, 7) is 3.76. The lowest BCUT2D eigenvalue weighted by atomic mass is 9.99. The first-order chi connectivity index (χ1) is 13.6. The first-order valence-corrected chi connectivity index (χ1v) is 9.78.